The second kappa shape index (κ2) is 4.89. The number of aromatic amines is 1. The molecule has 0 radical (unpaired) electrons. The molecule has 1 amide bonds. The number of carbonyl (C=O) groups is 1. The summed E-state index contributed by atoms with van der Waals surface area (Å²) in [6, 6.07) is 7.99. The van der Waals surface area contributed by atoms with Gasteiger partial charge in [0.1, 0.15) is 11.9 Å². The molecule has 0 aliphatic carbocycles. The molecule has 1 unspecified atom stereocenters. The van der Waals surface area contributed by atoms with Gasteiger partial charge in [-0.2, -0.15) is 4.72 Å². The van der Waals surface area contributed by atoms with E-state index in [0.29, 0.717) is 16.6 Å². The van der Waals surface area contributed by atoms with E-state index < -0.39 is 22.0 Å². The number of halogens is 1. The number of nitrogens with one attached hydrogen (secondary N) is 2. The van der Waals surface area contributed by atoms with Crippen LogP contribution < -0.4 is 10.5 Å². The zero-order valence-corrected chi connectivity index (χ0v) is 13.0. The number of H-pyrrole nitrogens is 1. The zero-order valence-electron chi connectivity index (χ0n) is 12.2. The number of hydrogen-bond acceptors (Lipinski definition) is 3. The molecule has 3 aromatic rings. The first kappa shape index (κ1) is 14.9. The van der Waals surface area contributed by atoms with Gasteiger partial charge in [0, 0.05) is 28.2 Å². The number of sulfonamides is 1. The van der Waals surface area contributed by atoms with Crippen molar-refractivity contribution in [3.05, 3.63) is 54.0 Å². The van der Waals surface area contributed by atoms with E-state index in [4.69, 9.17) is 5.73 Å². The molecular weight excluding hydrogens is 333 g/mol. The Morgan fingerprint density at radius 3 is 2.71 bits per heavy atom. The Morgan fingerprint density at radius 1 is 1.17 bits per heavy atom. The maximum absolute atomic E-state index is 13.3. The first-order valence-electron chi connectivity index (χ1n) is 7.09. The molecule has 4 rings (SSSR count). The molecule has 2 aromatic carbocycles. The summed E-state index contributed by atoms with van der Waals surface area (Å²) in [4.78, 5) is 14.6. The molecule has 4 N–H and O–H groups in total. The number of amides is 1. The minimum absolute atomic E-state index is 0.0425. The van der Waals surface area contributed by atoms with E-state index in [-0.39, 0.29) is 10.7 Å². The van der Waals surface area contributed by atoms with Gasteiger partial charge in [-0.25, -0.2) is 12.8 Å². The van der Waals surface area contributed by atoms with Crippen molar-refractivity contribution in [1.29, 1.82) is 0 Å². The lowest BCUT2D eigenvalue weighted by atomic mass is 9.99. The lowest BCUT2D eigenvalue weighted by Crippen LogP contribution is -2.31. The van der Waals surface area contributed by atoms with Crippen molar-refractivity contribution in [2.24, 2.45) is 5.73 Å². The van der Waals surface area contributed by atoms with E-state index in [9.17, 15) is 17.6 Å². The van der Waals surface area contributed by atoms with E-state index in [1.165, 1.54) is 18.2 Å². The minimum Gasteiger partial charge on any atom is -0.368 e. The predicted octanol–water partition coefficient (Wildman–Crippen LogP) is 1.79. The Kier molecular flexibility index (Phi) is 3.03. The van der Waals surface area contributed by atoms with Crippen LogP contribution in [0.2, 0.25) is 0 Å². The van der Waals surface area contributed by atoms with Crippen LogP contribution in [0.15, 0.2) is 47.5 Å². The third-order valence-electron chi connectivity index (χ3n) is 4.12. The molecular formula is C16H12FN3O3S. The Morgan fingerprint density at radius 2 is 1.96 bits per heavy atom. The molecule has 122 valence electrons. The summed E-state index contributed by atoms with van der Waals surface area (Å²) in [5, 5.41) is 0.792. The topological polar surface area (TPSA) is 105 Å². The van der Waals surface area contributed by atoms with Crippen LogP contribution in [0.25, 0.3) is 22.0 Å². The van der Waals surface area contributed by atoms with Crippen molar-refractivity contribution in [3.63, 3.8) is 0 Å². The Bertz CT molecular complexity index is 1100. The van der Waals surface area contributed by atoms with Crippen LogP contribution >= 0.6 is 0 Å². The normalized spacial score (nSPS) is 18.6. The Hall–Kier alpha value is -2.71. The van der Waals surface area contributed by atoms with Gasteiger partial charge in [0.25, 0.3) is 0 Å². The summed E-state index contributed by atoms with van der Waals surface area (Å²) in [5.41, 5.74) is 7.72. The van der Waals surface area contributed by atoms with Gasteiger partial charge < -0.3 is 10.7 Å². The first-order valence-corrected chi connectivity index (χ1v) is 8.58. The summed E-state index contributed by atoms with van der Waals surface area (Å²) in [6.45, 7) is 0. The molecule has 0 saturated carbocycles. The van der Waals surface area contributed by atoms with E-state index >= 15 is 0 Å². The van der Waals surface area contributed by atoms with Gasteiger partial charge >= 0.3 is 0 Å². The molecule has 0 bridgehead atoms. The van der Waals surface area contributed by atoms with Crippen molar-refractivity contribution in [2.45, 2.75) is 10.9 Å². The van der Waals surface area contributed by atoms with Crippen LogP contribution in [0.3, 0.4) is 0 Å². The van der Waals surface area contributed by atoms with Crippen LogP contribution in [0, 0.1) is 5.82 Å². The average molecular weight is 345 g/mol. The fraction of sp³-hybridized carbons (Fsp3) is 0.0625. The first-order chi connectivity index (χ1) is 11.4. The van der Waals surface area contributed by atoms with E-state index in [1.54, 1.807) is 24.4 Å². The number of hydrogen-bond donors (Lipinski definition) is 3. The van der Waals surface area contributed by atoms with Crippen LogP contribution in [0.1, 0.15) is 11.6 Å². The molecule has 1 aromatic heterocycles. The van der Waals surface area contributed by atoms with Gasteiger partial charge in [0.15, 0.2) is 0 Å². The Labute approximate surface area is 136 Å². The molecule has 6 nitrogen and oxygen atoms in total. The van der Waals surface area contributed by atoms with Crippen molar-refractivity contribution in [3.8, 4) is 11.1 Å². The summed E-state index contributed by atoms with van der Waals surface area (Å²) in [5.74, 6) is -1.12. The second-order valence-corrected chi connectivity index (χ2v) is 7.28. The molecule has 8 heteroatoms. The number of rotatable bonds is 2. The van der Waals surface area contributed by atoms with Crippen molar-refractivity contribution in [1.82, 2.24) is 9.71 Å². The average Bonchev–Trinajstić information content (AvgIpc) is 3.05. The molecule has 0 fully saturated rings. The fourth-order valence-corrected chi connectivity index (χ4v) is 4.43. The van der Waals surface area contributed by atoms with Crippen molar-refractivity contribution >= 4 is 26.8 Å². The summed E-state index contributed by atoms with van der Waals surface area (Å²) in [6.07, 6.45) is 1.71. The number of carbonyl (C=O) groups excluding carboxylic acids is 1. The fourth-order valence-electron chi connectivity index (χ4n) is 3.02. The number of aromatic nitrogens is 1. The maximum Gasteiger partial charge on any atom is 0.241 e. The summed E-state index contributed by atoms with van der Waals surface area (Å²) < 4.78 is 39.7. The monoisotopic (exact) mass is 345 g/mol. The maximum atomic E-state index is 13.3. The van der Waals surface area contributed by atoms with Crippen molar-refractivity contribution < 1.29 is 17.6 Å². The number of benzene rings is 2. The van der Waals surface area contributed by atoms with Gasteiger partial charge in [-0.1, -0.05) is 6.07 Å². The van der Waals surface area contributed by atoms with Crippen LogP contribution in [-0.4, -0.2) is 19.3 Å². The van der Waals surface area contributed by atoms with E-state index in [0.717, 1.165) is 10.9 Å². The SMILES string of the molecule is NC(=O)C1NS(=O)(=O)c2ccc(-c3c[nH]c4cc(F)ccc34)cc21. The third kappa shape index (κ3) is 2.11. The lowest BCUT2D eigenvalue weighted by molar-refractivity contribution is -0.119. The van der Waals surface area contributed by atoms with Gasteiger partial charge in [0.2, 0.25) is 15.9 Å². The second-order valence-electron chi connectivity index (χ2n) is 5.60. The molecule has 0 saturated heterocycles. The minimum atomic E-state index is -3.74. The lowest BCUT2D eigenvalue weighted by Gasteiger charge is -2.07. The van der Waals surface area contributed by atoms with E-state index in [1.807, 2.05) is 0 Å². The summed E-state index contributed by atoms with van der Waals surface area (Å²) in [7, 11) is -3.74. The highest BCUT2D eigenvalue weighted by atomic mass is 32.2. The van der Waals surface area contributed by atoms with Crippen molar-refractivity contribution in [2.75, 3.05) is 0 Å². The molecule has 2 heterocycles. The van der Waals surface area contributed by atoms with Gasteiger partial charge in [-0.3, -0.25) is 4.79 Å². The van der Waals surface area contributed by atoms with Gasteiger partial charge in [0.05, 0.1) is 4.90 Å². The summed E-state index contributed by atoms with van der Waals surface area (Å²) >= 11 is 0. The number of nitrogens with two attached hydrogens (primary N) is 1. The van der Waals surface area contributed by atoms with Crippen LogP contribution in [0.5, 0.6) is 0 Å². The van der Waals surface area contributed by atoms with Crippen LogP contribution in [-0.2, 0) is 14.8 Å². The highest BCUT2D eigenvalue weighted by Gasteiger charge is 2.37. The van der Waals surface area contributed by atoms with E-state index in [2.05, 4.69) is 9.71 Å². The third-order valence-corrected chi connectivity index (χ3v) is 5.62. The standard InChI is InChI=1S/C16H12FN3O3S/c17-9-2-3-10-12(7-19-13(10)6-9)8-1-4-14-11(5-8)15(16(18)21)20-24(14,22)23/h1-7,15,19-20H,(H2,18,21). The smallest absolute Gasteiger partial charge is 0.241 e. The molecule has 0 spiro atoms. The van der Waals surface area contributed by atoms with Gasteiger partial charge in [-0.05, 0) is 35.9 Å². The highest BCUT2D eigenvalue weighted by Crippen LogP contribution is 2.36. The van der Waals surface area contributed by atoms with Crippen LogP contribution in [0.4, 0.5) is 4.39 Å². The molecule has 24 heavy (non-hydrogen) atoms. The zero-order chi connectivity index (χ0) is 17.1. The predicted molar refractivity (Wildman–Crippen MR) is 85.9 cm³/mol. The molecule has 1 aliphatic heterocycles. The quantitative estimate of drug-likeness (QED) is 0.659. The van der Waals surface area contributed by atoms with Gasteiger partial charge in [-0.15, -0.1) is 0 Å². The molecule has 1 atom stereocenters. The molecule has 1 aliphatic rings. The Balaban J connectivity index is 1.92. The largest absolute Gasteiger partial charge is 0.368 e. The number of fused-ring (bicyclic) bond motifs is 2. The highest BCUT2D eigenvalue weighted by molar-refractivity contribution is 7.89. The number of primary amides is 1.